The zero-order valence-corrected chi connectivity index (χ0v) is 10.1. The van der Waals surface area contributed by atoms with Crippen molar-refractivity contribution in [2.75, 3.05) is 6.61 Å². The van der Waals surface area contributed by atoms with E-state index in [-0.39, 0.29) is 12.8 Å². The topological polar surface area (TPSA) is 77.8 Å². The van der Waals surface area contributed by atoms with Crippen molar-refractivity contribution in [2.24, 2.45) is 0 Å². The van der Waals surface area contributed by atoms with Gasteiger partial charge >= 0.3 is 0 Å². The van der Waals surface area contributed by atoms with Gasteiger partial charge in [0.2, 0.25) is 0 Å². The second-order valence-corrected chi connectivity index (χ2v) is 4.32. The van der Waals surface area contributed by atoms with Crippen molar-refractivity contribution in [3.8, 4) is 0 Å². The lowest BCUT2D eigenvalue weighted by Crippen LogP contribution is -2.44. The monoisotopic (exact) mass is 232 g/mol. The van der Waals surface area contributed by atoms with E-state index in [1.54, 1.807) is 0 Å². The van der Waals surface area contributed by atoms with Crippen LogP contribution < -0.4 is 0 Å². The van der Waals surface area contributed by atoms with E-state index in [2.05, 4.69) is 6.92 Å². The molecule has 0 rings (SSSR count). The molecule has 0 radical (unpaired) electrons. The molecule has 0 saturated heterocycles. The molecular formula is C12H24O4. The molecule has 4 nitrogen and oxygen atoms in total. The van der Waals surface area contributed by atoms with E-state index >= 15 is 0 Å². The van der Waals surface area contributed by atoms with Crippen LogP contribution >= 0.6 is 0 Å². The third kappa shape index (κ3) is 5.58. The zero-order valence-electron chi connectivity index (χ0n) is 10.1. The van der Waals surface area contributed by atoms with Crippen molar-refractivity contribution in [3.05, 3.63) is 0 Å². The molecule has 0 heterocycles. The Morgan fingerprint density at radius 1 is 1.25 bits per heavy atom. The first-order valence-electron chi connectivity index (χ1n) is 6.05. The average Bonchev–Trinajstić information content (AvgIpc) is 2.31. The maximum Gasteiger partial charge on any atom is 0.120 e. The summed E-state index contributed by atoms with van der Waals surface area (Å²) < 4.78 is 0. The predicted molar refractivity (Wildman–Crippen MR) is 62.1 cm³/mol. The zero-order chi connectivity index (χ0) is 12.4. The van der Waals surface area contributed by atoms with Crippen molar-refractivity contribution in [3.63, 3.8) is 0 Å². The van der Waals surface area contributed by atoms with E-state index in [0.29, 0.717) is 6.42 Å². The Kier molecular flexibility index (Phi) is 8.43. The highest BCUT2D eigenvalue weighted by atomic mass is 16.4. The van der Waals surface area contributed by atoms with Gasteiger partial charge in [0.25, 0.3) is 0 Å². The van der Waals surface area contributed by atoms with Gasteiger partial charge in [0, 0.05) is 6.42 Å². The third-order valence-electron chi connectivity index (χ3n) is 2.95. The van der Waals surface area contributed by atoms with E-state index in [4.69, 9.17) is 5.11 Å². The SMILES string of the molecule is CCCCCCC(O)(CCC=O)C(O)CO. The van der Waals surface area contributed by atoms with Crippen LogP contribution in [0.1, 0.15) is 51.9 Å². The molecule has 0 aromatic rings. The first-order chi connectivity index (χ1) is 7.60. The Labute approximate surface area is 97.3 Å². The van der Waals surface area contributed by atoms with Crippen molar-refractivity contribution in [2.45, 2.75) is 63.6 Å². The van der Waals surface area contributed by atoms with E-state index in [9.17, 15) is 15.0 Å². The van der Waals surface area contributed by atoms with Crippen molar-refractivity contribution >= 4 is 6.29 Å². The van der Waals surface area contributed by atoms with Gasteiger partial charge in [-0.2, -0.15) is 0 Å². The number of carbonyl (C=O) groups excluding carboxylic acids is 1. The number of carbonyl (C=O) groups is 1. The Morgan fingerprint density at radius 3 is 2.44 bits per heavy atom. The van der Waals surface area contributed by atoms with Gasteiger partial charge in [-0.3, -0.25) is 0 Å². The molecular weight excluding hydrogens is 208 g/mol. The molecule has 2 atom stereocenters. The second kappa shape index (κ2) is 8.67. The molecule has 0 amide bonds. The molecule has 96 valence electrons. The Hall–Kier alpha value is -0.450. The third-order valence-corrected chi connectivity index (χ3v) is 2.95. The van der Waals surface area contributed by atoms with Gasteiger partial charge in [-0.25, -0.2) is 0 Å². The largest absolute Gasteiger partial charge is 0.394 e. The van der Waals surface area contributed by atoms with Crippen LogP contribution in [0.5, 0.6) is 0 Å². The lowest BCUT2D eigenvalue weighted by molar-refractivity contribution is -0.118. The molecule has 0 aromatic carbocycles. The molecule has 2 unspecified atom stereocenters. The van der Waals surface area contributed by atoms with Crippen molar-refractivity contribution in [1.29, 1.82) is 0 Å². The standard InChI is InChI=1S/C12H24O4/c1-2-3-4-5-7-12(16,8-6-9-13)11(15)10-14/h9,11,14-16H,2-8,10H2,1H3. The summed E-state index contributed by atoms with van der Waals surface area (Å²) in [4.78, 5) is 10.3. The van der Waals surface area contributed by atoms with Crippen molar-refractivity contribution in [1.82, 2.24) is 0 Å². The van der Waals surface area contributed by atoms with Gasteiger partial charge in [-0.05, 0) is 12.8 Å². The summed E-state index contributed by atoms with van der Waals surface area (Å²) in [5.41, 5.74) is -1.32. The number of unbranched alkanes of at least 4 members (excludes halogenated alkanes) is 3. The van der Waals surface area contributed by atoms with Gasteiger partial charge < -0.3 is 20.1 Å². The summed E-state index contributed by atoms with van der Waals surface area (Å²) in [7, 11) is 0. The van der Waals surface area contributed by atoms with Crippen LogP contribution in [-0.4, -0.2) is 39.9 Å². The normalized spacial score (nSPS) is 16.8. The van der Waals surface area contributed by atoms with E-state index in [1.165, 1.54) is 0 Å². The van der Waals surface area contributed by atoms with Crippen LogP contribution in [0.3, 0.4) is 0 Å². The predicted octanol–water partition coefficient (Wildman–Crippen LogP) is 1.02. The minimum atomic E-state index is -1.32. The summed E-state index contributed by atoms with van der Waals surface area (Å²) >= 11 is 0. The molecule has 0 aliphatic heterocycles. The fraction of sp³-hybridized carbons (Fsp3) is 0.917. The highest BCUT2D eigenvalue weighted by Gasteiger charge is 2.33. The van der Waals surface area contributed by atoms with E-state index in [0.717, 1.165) is 32.0 Å². The Morgan fingerprint density at radius 2 is 1.94 bits per heavy atom. The van der Waals surface area contributed by atoms with Gasteiger partial charge in [-0.1, -0.05) is 32.6 Å². The minimum Gasteiger partial charge on any atom is -0.394 e. The molecule has 3 N–H and O–H groups in total. The highest BCUT2D eigenvalue weighted by molar-refractivity contribution is 5.49. The molecule has 0 aliphatic carbocycles. The lowest BCUT2D eigenvalue weighted by atomic mass is 9.86. The van der Waals surface area contributed by atoms with Crippen molar-refractivity contribution < 1.29 is 20.1 Å². The quantitative estimate of drug-likeness (QED) is 0.388. The van der Waals surface area contributed by atoms with E-state index < -0.39 is 18.3 Å². The van der Waals surface area contributed by atoms with Crippen LogP contribution in [0.2, 0.25) is 0 Å². The highest BCUT2D eigenvalue weighted by Crippen LogP contribution is 2.24. The lowest BCUT2D eigenvalue weighted by Gasteiger charge is -2.31. The molecule has 0 saturated carbocycles. The summed E-state index contributed by atoms with van der Waals surface area (Å²) in [5.74, 6) is 0. The van der Waals surface area contributed by atoms with Crippen LogP contribution in [0.4, 0.5) is 0 Å². The van der Waals surface area contributed by atoms with Crippen LogP contribution in [-0.2, 0) is 4.79 Å². The Bertz CT molecular complexity index is 184. The van der Waals surface area contributed by atoms with Crippen LogP contribution in [0, 0.1) is 0 Å². The van der Waals surface area contributed by atoms with E-state index in [1.807, 2.05) is 0 Å². The molecule has 0 aromatic heterocycles. The van der Waals surface area contributed by atoms with Crippen LogP contribution in [0.25, 0.3) is 0 Å². The number of hydrogen-bond donors (Lipinski definition) is 3. The average molecular weight is 232 g/mol. The number of rotatable bonds is 10. The number of hydrogen-bond acceptors (Lipinski definition) is 4. The molecule has 0 spiro atoms. The Balaban J connectivity index is 4.12. The van der Waals surface area contributed by atoms with Gasteiger partial charge in [0.15, 0.2) is 0 Å². The summed E-state index contributed by atoms with van der Waals surface area (Å²) in [6.07, 6.45) is 4.43. The molecule has 16 heavy (non-hydrogen) atoms. The first-order valence-corrected chi connectivity index (χ1v) is 6.05. The fourth-order valence-corrected chi connectivity index (χ4v) is 1.79. The van der Waals surface area contributed by atoms with Gasteiger partial charge in [-0.15, -0.1) is 0 Å². The number of aliphatic hydroxyl groups is 3. The molecule has 4 heteroatoms. The fourth-order valence-electron chi connectivity index (χ4n) is 1.79. The summed E-state index contributed by atoms with van der Waals surface area (Å²) in [6.45, 7) is 1.63. The number of aldehydes is 1. The summed E-state index contributed by atoms with van der Waals surface area (Å²) in [5, 5.41) is 28.6. The summed E-state index contributed by atoms with van der Waals surface area (Å²) in [6, 6.07) is 0. The molecule has 0 bridgehead atoms. The smallest absolute Gasteiger partial charge is 0.120 e. The molecule has 0 aliphatic rings. The van der Waals surface area contributed by atoms with Gasteiger partial charge in [0.05, 0.1) is 12.2 Å². The maximum absolute atomic E-state index is 10.3. The van der Waals surface area contributed by atoms with Crippen LogP contribution in [0.15, 0.2) is 0 Å². The number of aliphatic hydroxyl groups excluding tert-OH is 2. The van der Waals surface area contributed by atoms with Gasteiger partial charge in [0.1, 0.15) is 12.4 Å². The molecule has 0 fully saturated rings. The minimum absolute atomic E-state index is 0.210. The maximum atomic E-state index is 10.3. The first kappa shape index (κ1) is 15.6. The second-order valence-electron chi connectivity index (χ2n) is 4.32.